The number of benzene rings is 3. The number of nitrogens with one attached hydrogen (secondary N) is 2. The van der Waals surface area contributed by atoms with Gasteiger partial charge in [0.15, 0.2) is 0 Å². The van der Waals surface area contributed by atoms with Gasteiger partial charge in [0.2, 0.25) is 0 Å². The van der Waals surface area contributed by atoms with Crippen molar-refractivity contribution in [2.24, 2.45) is 0 Å². The first-order chi connectivity index (χ1) is 14.5. The third-order valence-corrected chi connectivity index (χ3v) is 4.80. The first-order valence-electron chi connectivity index (χ1n) is 9.24. The van der Waals surface area contributed by atoms with Crippen LogP contribution in [0, 0.1) is 17.1 Å². The van der Waals surface area contributed by atoms with E-state index in [1.807, 2.05) is 12.1 Å². The molecule has 0 saturated heterocycles. The van der Waals surface area contributed by atoms with E-state index >= 15 is 0 Å². The van der Waals surface area contributed by atoms with Gasteiger partial charge in [-0.15, -0.1) is 0 Å². The summed E-state index contributed by atoms with van der Waals surface area (Å²) in [4.78, 5) is 24.7. The molecule has 4 rings (SSSR count). The second kappa shape index (κ2) is 8.02. The summed E-state index contributed by atoms with van der Waals surface area (Å²) >= 11 is 0. The van der Waals surface area contributed by atoms with E-state index in [2.05, 4.69) is 16.7 Å². The van der Waals surface area contributed by atoms with Crippen LogP contribution in [0.3, 0.4) is 0 Å². The molecule has 3 aromatic rings. The van der Waals surface area contributed by atoms with Crippen molar-refractivity contribution in [3.05, 3.63) is 95.4 Å². The maximum Gasteiger partial charge on any atom is 0.260 e. The second-order valence-electron chi connectivity index (χ2n) is 6.79. The van der Waals surface area contributed by atoms with Crippen molar-refractivity contribution in [3.8, 4) is 17.2 Å². The molecule has 3 aromatic carbocycles. The van der Waals surface area contributed by atoms with Crippen LogP contribution in [-0.2, 0) is 11.2 Å². The van der Waals surface area contributed by atoms with E-state index in [1.165, 1.54) is 18.3 Å². The molecule has 0 unspecified atom stereocenters. The van der Waals surface area contributed by atoms with Crippen LogP contribution >= 0.6 is 0 Å². The molecule has 2 N–H and O–H groups in total. The largest absolute Gasteiger partial charge is 0.361 e. The number of imide groups is 1. The molecule has 0 fully saturated rings. The van der Waals surface area contributed by atoms with Gasteiger partial charge in [0.25, 0.3) is 11.8 Å². The van der Waals surface area contributed by atoms with E-state index in [0.29, 0.717) is 34.2 Å². The number of fused-ring (bicyclic) bond motifs is 1. The normalized spacial score (nSPS) is 14.1. The number of amides is 2. The Balaban J connectivity index is 1.70. The first kappa shape index (κ1) is 19.1. The highest BCUT2D eigenvalue weighted by molar-refractivity contribution is 6.31. The Bertz CT molecular complexity index is 1220. The van der Waals surface area contributed by atoms with E-state index < -0.39 is 11.8 Å². The average molecular weight is 397 g/mol. The fourth-order valence-electron chi connectivity index (χ4n) is 3.28. The van der Waals surface area contributed by atoms with Gasteiger partial charge < -0.3 is 5.32 Å². The number of nitrogens with zero attached hydrogens (tertiary/aromatic N) is 1. The highest BCUT2D eigenvalue weighted by Gasteiger charge is 2.27. The Morgan fingerprint density at radius 2 is 1.70 bits per heavy atom. The Hall–Kier alpha value is -4.24. The summed E-state index contributed by atoms with van der Waals surface area (Å²) in [5.74, 6) is -1.35. The predicted molar refractivity (Wildman–Crippen MR) is 112 cm³/mol. The summed E-state index contributed by atoms with van der Waals surface area (Å²) in [5.41, 5.74) is 4.10. The number of anilines is 1. The minimum Gasteiger partial charge on any atom is -0.361 e. The van der Waals surface area contributed by atoms with Crippen LogP contribution in [0.5, 0.6) is 0 Å². The van der Waals surface area contributed by atoms with Crippen molar-refractivity contribution in [2.75, 3.05) is 5.32 Å². The molecule has 5 nitrogen and oxygen atoms in total. The molecule has 0 saturated carbocycles. The molecule has 1 aliphatic rings. The topological polar surface area (TPSA) is 82.0 Å². The quantitative estimate of drug-likeness (QED) is 0.509. The molecule has 0 aromatic heterocycles. The fourth-order valence-corrected chi connectivity index (χ4v) is 3.28. The first-order valence-corrected chi connectivity index (χ1v) is 9.24. The average Bonchev–Trinajstić information content (AvgIpc) is 2.74. The van der Waals surface area contributed by atoms with E-state index in [9.17, 15) is 14.0 Å². The van der Waals surface area contributed by atoms with Crippen LogP contribution in [0.25, 0.3) is 16.7 Å². The molecular weight excluding hydrogens is 381 g/mol. The number of nitriles is 1. The maximum atomic E-state index is 13.6. The number of carbonyl (C=O) groups is 2. The summed E-state index contributed by atoms with van der Waals surface area (Å²) in [6.45, 7) is 0. The van der Waals surface area contributed by atoms with Gasteiger partial charge in [-0.1, -0.05) is 30.3 Å². The van der Waals surface area contributed by atoms with Crippen LogP contribution in [0.4, 0.5) is 10.1 Å². The van der Waals surface area contributed by atoms with Crippen molar-refractivity contribution in [2.45, 2.75) is 6.42 Å². The van der Waals surface area contributed by atoms with Crippen LogP contribution in [0.1, 0.15) is 21.5 Å². The van der Waals surface area contributed by atoms with Gasteiger partial charge in [-0.25, -0.2) is 4.39 Å². The summed E-state index contributed by atoms with van der Waals surface area (Å²) in [6.07, 6.45) is 1.86. The van der Waals surface area contributed by atoms with Crippen LogP contribution in [0.2, 0.25) is 0 Å². The zero-order chi connectivity index (χ0) is 21.1. The van der Waals surface area contributed by atoms with E-state index in [1.54, 1.807) is 42.5 Å². The lowest BCUT2D eigenvalue weighted by atomic mass is 9.91. The molecular formula is C24H16FN3O2. The third kappa shape index (κ3) is 3.82. The Morgan fingerprint density at radius 1 is 0.933 bits per heavy atom. The zero-order valence-corrected chi connectivity index (χ0v) is 15.8. The van der Waals surface area contributed by atoms with Crippen molar-refractivity contribution in [1.29, 1.82) is 5.26 Å². The number of halogens is 1. The summed E-state index contributed by atoms with van der Waals surface area (Å²) in [5, 5.41) is 14.2. The summed E-state index contributed by atoms with van der Waals surface area (Å²) in [6, 6.07) is 20.5. The zero-order valence-electron chi connectivity index (χ0n) is 15.8. The van der Waals surface area contributed by atoms with Gasteiger partial charge >= 0.3 is 0 Å². The molecule has 2 amide bonds. The molecule has 0 bridgehead atoms. The van der Waals surface area contributed by atoms with Gasteiger partial charge in [0.1, 0.15) is 5.82 Å². The standard InChI is InChI=1S/C24H16FN3O2/c25-18-3-1-2-16(12-18)17-6-9-20-21(13-17)22(24(30)28-23(20)29)14-27-19-7-4-15(5-8-19)10-11-26/h1-9,12-14,27H,10H2,(H,28,29,30). The van der Waals surface area contributed by atoms with Crippen LogP contribution in [-0.4, -0.2) is 11.8 Å². The van der Waals surface area contributed by atoms with Gasteiger partial charge in [-0.2, -0.15) is 5.26 Å². The minimum atomic E-state index is -0.516. The van der Waals surface area contributed by atoms with Crippen molar-refractivity contribution in [3.63, 3.8) is 0 Å². The highest BCUT2D eigenvalue weighted by atomic mass is 19.1. The Morgan fingerprint density at radius 3 is 2.43 bits per heavy atom. The molecule has 30 heavy (non-hydrogen) atoms. The molecule has 0 spiro atoms. The molecule has 6 heteroatoms. The maximum absolute atomic E-state index is 13.6. The van der Waals surface area contributed by atoms with Crippen LogP contribution < -0.4 is 10.6 Å². The van der Waals surface area contributed by atoms with Gasteiger partial charge in [0, 0.05) is 23.0 Å². The Labute approximate surface area is 172 Å². The van der Waals surface area contributed by atoms with E-state index in [-0.39, 0.29) is 5.82 Å². The molecule has 0 aliphatic carbocycles. The van der Waals surface area contributed by atoms with Gasteiger partial charge in [-0.05, 0) is 53.1 Å². The van der Waals surface area contributed by atoms with E-state index in [4.69, 9.17) is 5.26 Å². The predicted octanol–water partition coefficient (Wildman–Crippen LogP) is 4.28. The Kier molecular flexibility index (Phi) is 5.10. The minimum absolute atomic E-state index is 0.295. The van der Waals surface area contributed by atoms with Gasteiger partial charge in [-0.3, -0.25) is 14.9 Å². The molecule has 1 aliphatic heterocycles. The number of rotatable bonds is 4. The number of hydrogen-bond acceptors (Lipinski definition) is 4. The van der Waals surface area contributed by atoms with Gasteiger partial charge in [0.05, 0.1) is 18.1 Å². The SMILES string of the molecule is N#CCc1ccc(NC=C2C(=O)NC(=O)c3ccc(-c4cccc(F)c4)cc32)cc1. The smallest absolute Gasteiger partial charge is 0.260 e. The lowest BCUT2D eigenvalue weighted by Gasteiger charge is -2.19. The number of carbonyl (C=O) groups excluding carboxylic acids is 2. The monoisotopic (exact) mass is 397 g/mol. The van der Waals surface area contributed by atoms with Crippen molar-refractivity contribution < 1.29 is 14.0 Å². The lowest BCUT2D eigenvalue weighted by Crippen LogP contribution is -2.36. The lowest BCUT2D eigenvalue weighted by molar-refractivity contribution is -0.114. The summed E-state index contributed by atoms with van der Waals surface area (Å²) in [7, 11) is 0. The van der Waals surface area contributed by atoms with Crippen LogP contribution in [0.15, 0.2) is 72.9 Å². The van der Waals surface area contributed by atoms with Crippen molar-refractivity contribution in [1.82, 2.24) is 5.32 Å². The molecule has 1 heterocycles. The molecule has 146 valence electrons. The summed E-state index contributed by atoms with van der Waals surface area (Å²) < 4.78 is 13.6. The third-order valence-electron chi connectivity index (χ3n) is 4.80. The highest BCUT2D eigenvalue weighted by Crippen LogP contribution is 2.30. The fraction of sp³-hybridized carbons (Fsp3) is 0.0417. The second-order valence-corrected chi connectivity index (χ2v) is 6.79. The van der Waals surface area contributed by atoms with Crippen molar-refractivity contribution >= 4 is 23.1 Å². The molecule has 0 atom stereocenters. The molecule has 0 radical (unpaired) electrons. The number of hydrogen-bond donors (Lipinski definition) is 2. The van der Waals surface area contributed by atoms with E-state index in [0.717, 1.165) is 11.3 Å².